The summed E-state index contributed by atoms with van der Waals surface area (Å²) in [6, 6.07) is 14.9. The van der Waals surface area contributed by atoms with Gasteiger partial charge in [-0.2, -0.15) is 0 Å². The topological polar surface area (TPSA) is 52.1 Å². The van der Waals surface area contributed by atoms with Crippen LogP contribution in [-0.4, -0.2) is 15.9 Å². The first-order valence-corrected chi connectivity index (χ1v) is 6.23. The number of rotatable bonds is 2. The number of para-hydroxylation sites is 2. The van der Waals surface area contributed by atoms with Crippen molar-refractivity contribution < 1.29 is 9.53 Å². The number of hydrogen-bond acceptors (Lipinski definition) is 4. The highest BCUT2D eigenvalue weighted by Gasteiger charge is 2.03. The van der Waals surface area contributed by atoms with Crippen molar-refractivity contribution in [2.75, 3.05) is 0 Å². The summed E-state index contributed by atoms with van der Waals surface area (Å²) < 4.78 is 5.00. The van der Waals surface area contributed by atoms with E-state index in [4.69, 9.17) is 4.74 Å². The molecular formula is C16H12N2O2. The predicted molar refractivity (Wildman–Crippen MR) is 76.3 cm³/mol. The first kappa shape index (κ1) is 12.3. The molecule has 0 radical (unpaired) electrons. The van der Waals surface area contributed by atoms with Crippen molar-refractivity contribution in [3.63, 3.8) is 0 Å². The molecule has 0 aliphatic rings. The zero-order chi connectivity index (χ0) is 13.9. The van der Waals surface area contributed by atoms with Crippen LogP contribution in [0.15, 0.2) is 54.7 Å². The summed E-state index contributed by atoms with van der Waals surface area (Å²) >= 11 is 0. The summed E-state index contributed by atoms with van der Waals surface area (Å²) in [7, 11) is 0. The van der Waals surface area contributed by atoms with Gasteiger partial charge >= 0.3 is 5.97 Å². The van der Waals surface area contributed by atoms with Crippen LogP contribution in [0.25, 0.3) is 22.3 Å². The Kier molecular flexibility index (Phi) is 3.13. The monoisotopic (exact) mass is 264 g/mol. The number of esters is 1. The molecule has 0 saturated heterocycles. The predicted octanol–water partition coefficient (Wildman–Crippen LogP) is 3.22. The fourth-order valence-corrected chi connectivity index (χ4v) is 1.96. The molecule has 3 aromatic rings. The molecule has 2 aromatic carbocycles. The van der Waals surface area contributed by atoms with Gasteiger partial charge in [-0.3, -0.25) is 9.78 Å². The molecule has 0 saturated carbocycles. The third-order valence-electron chi connectivity index (χ3n) is 2.86. The quantitative estimate of drug-likeness (QED) is 0.526. The van der Waals surface area contributed by atoms with E-state index in [-0.39, 0.29) is 5.97 Å². The van der Waals surface area contributed by atoms with Crippen molar-refractivity contribution in [1.82, 2.24) is 9.97 Å². The highest BCUT2D eigenvalue weighted by atomic mass is 16.5. The first-order chi connectivity index (χ1) is 9.72. The molecule has 0 atom stereocenters. The molecule has 0 unspecified atom stereocenters. The Balaban J connectivity index is 1.96. The number of hydrogen-bond donors (Lipinski definition) is 0. The normalized spacial score (nSPS) is 10.4. The van der Waals surface area contributed by atoms with E-state index in [9.17, 15) is 4.79 Å². The molecular weight excluding hydrogens is 252 g/mol. The Morgan fingerprint density at radius 2 is 1.70 bits per heavy atom. The van der Waals surface area contributed by atoms with Crippen LogP contribution in [0.1, 0.15) is 6.92 Å². The second-order valence-electron chi connectivity index (χ2n) is 4.36. The lowest BCUT2D eigenvalue weighted by molar-refractivity contribution is -0.131. The Hall–Kier alpha value is -2.75. The Morgan fingerprint density at radius 1 is 1.00 bits per heavy atom. The van der Waals surface area contributed by atoms with Crippen LogP contribution >= 0.6 is 0 Å². The molecule has 0 aliphatic heterocycles. The van der Waals surface area contributed by atoms with Gasteiger partial charge in [0.25, 0.3) is 0 Å². The fourth-order valence-electron chi connectivity index (χ4n) is 1.96. The van der Waals surface area contributed by atoms with E-state index in [1.807, 2.05) is 36.4 Å². The van der Waals surface area contributed by atoms with Gasteiger partial charge in [-0.05, 0) is 36.4 Å². The van der Waals surface area contributed by atoms with E-state index >= 15 is 0 Å². The van der Waals surface area contributed by atoms with Gasteiger partial charge in [-0.15, -0.1) is 0 Å². The van der Waals surface area contributed by atoms with Gasteiger partial charge in [-0.1, -0.05) is 12.1 Å². The molecule has 1 heterocycles. The standard InChI is InChI=1S/C16H12N2O2/c1-11(19)20-13-8-6-12(7-9-13)16-10-17-14-4-2-3-5-15(14)18-16/h2-10H,1H3. The van der Waals surface area contributed by atoms with Crippen molar-refractivity contribution in [2.24, 2.45) is 0 Å². The van der Waals surface area contributed by atoms with E-state index in [1.54, 1.807) is 18.3 Å². The maximum atomic E-state index is 10.9. The molecule has 3 rings (SSSR count). The third kappa shape index (κ3) is 2.49. The lowest BCUT2D eigenvalue weighted by Gasteiger charge is -2.04. The summed E-state index contributed by atoms with van der Waals surface area (Å²) in [6.45, 7) is 1.38. The second kappa shape index (κ2) is 5.09. The SMILES string of the molecule is CC(=O)Oc1ccc(-c2cnc3ccccc3n2)cc1. The summed E-state index contributed by atoms with van der Waals surface area (Å²) in [4.78, 5) is 19.8. The Morgan fingerprint density at radius 3 is 2.40 bits per heavy atom. The molecule has 0 amide bonds. The van der Waals surface area contributed by atoms with Gasteiger partial charge in [0, 0.05) is 12.5 Å². The molecule has 1 aromatic heterocycles. The summed E-state index contributed by atoms with van der Waals surface area (Å²) in [5.41, 5.74) is 3.44. The number of ether oxygens (including phenoxy) is 1. The Bertz CT molecular complexity index is 767. The lowest BCUT2D eigenvalue weighted by Crippen LogP contribution is -2.00. The molecule has 20 heavy (non-hydrogen) atoms. The van der Waals surface area contributed by atoms with E-state index < -0.39 is 0 Å². The minimum atomic E-state index is -0.330. The number of fused-ring (bicyclic) bond motifs is 1. The number of benzene rings is 2. The molecule has 0 fully saturated rings. The maximum Gasteiger partial charge on any atom is 0.308 e. The van der Waals surface area contributed by atoms with Crippen LogP contribution in [0.2, 0.25) is 0 Å². The average molecular weight is 264 g/mol. The van der Waals surface area contributed by atoms with Crippen LogP contribution in [-0.2, 0) is 4.79 Å². The summed E-state index contributed by atoms with van der Waals surface area (Å²) in [5, 5.41) is 0. The molecule has 0 aliphatic carbocycles. The van der Waals surface area contributed by atoms with Crippen LogP contribution in [0.3, 0.4) is 0 Å². The van der Waals surface area contributed by atoms with E-state index in [0.717, 1.165) is 22.3 Å². The smallest absolute Gasteiger partial charge is 0.308 e. The van der Waals surface area contributed by atoms with E-state index in [1.165, 1.54) is 6.92 Å². The molecule has 0 N–H and O–H groups in total. The zero-order valence-electron chi connectivity index (χ0n) is 10.9. The number of nitrogens with zero attached hydrogens (tertiary/aromatic N) is 2. The van der Waals surface area contributed by atoms with Crippen molar-refractivity contribution >= 4 is 17.0 Å². The zero-order valence-corrected chi connectivity index (χ0v) is 10.9. The minimum Gasteiger partial charge on any atom is -0.427 e. The molecule has 4 heteroatoms. The van der Waals surface area contributed by atoms with Gasteiger partial charge in [0.2, 0.25) is 0 Å². The third-order valence-corrected chi connectivity index (χ3v) is 2.86. The highest BCUT2D eigenvalue weighted by Crippen LogP contribution is 2.22. The van der Waals surface area contributed by atoms with Crippen LogP contribution in [0.4, 0.5) is 0 Å². The largest absolute Gasteiger partial charge is 0.427 e. The van der Waals surface area contributed by atoms with Gasteiger partial charge in [0.1, 0.15) is 5.75 Å². The number of carbonyl (C=O) groups excluding carboxylic acids is 1. The van der Waals surface area contributed by atoms with Gasteiger partial charge < -0.3 is 4.74 Å². The second-order valence-corrected chi connectivity index (χ2v) is 4.36. The van der Waals surface area contributed by atoms with E-state index in [0.29, 0.717) is 5.75 Å². The average Bonchev–Trinajstić information content (AvgIpc) is 2.47. The highest BCUT2D eigenvalue weighted by molar-refractivity contribution is 5.77. The molecule has 0 bridgehead atoms. The van der Waals surface area contributed by atoms with Gasteiger partial charge in [0.15, 0.2) is 0 Å². The van der Waals surface area contributed by atoms with E-state index in [2.05, 4.69) is 9.97 Å². The molecule has 4 nitrogen and oxygen atoms in total. The summed E-state index contributed by atoms with van der Waals surface area (Å²) in [5.74, 6) is 0.193. The van der Waals surface area contributed by atoms with Crippen molar-refractivity contribution in [1.29, 1.82) is 0 Å². The molecule has 0 spiro atoms. The van der Waals surface area contributed by atoms with Crippen molar-refractivity contribution in [2.45, 2.75) is 6.92 Å². The van der Waals surface area contributed by atoms with Gasteiger partial charge in [0.05, 0.1) is 22.9 Å². The van der Waals surface area contributed by atoms with Crippen LogP contribution < -0.4 is 4.74 Å². The van der Waals surface area contributed by atoms with Gasteiger partial charge in [-0.25, -0.2) is 4.98 Å². The summed E-state index contributed by atoms with van der Waals surface area (Å²) in [6.07, 6.45) is 1.74. The van der Waals surface area contributed by atoms with Crippen LogP contribution in [0.5, 0.6) is 5.75 Å². The fraction of sp³-hybridized carbons (Fsp3) is 0.0625. The minimum absolute atomic E-state index is 0.330. The number of carbonyl (C=O) groups is 1. The van der Waals surface area contributed by atoms with Crippen molar-refractivity contribution in [3.05, 3.63) is 54.7 Å². The number of aromatic nitrogens is 2. The Labute approximate surface area is 116 Å². The lowest BCUT2D eigenvalue weighted by atomic mass is 10.1. The van der Waals surface area contributed by atoms with Crippen molar-refractivity contribution in [3.8, 4) is 17.0 Å². The molecule has 98 valence electrons. The maximum absolute atomic E-state index is 10.9. The van der Waals surface area contributed by atoms with Crippen LogP contribution in [0, 0.1) is 0 Å². The first-order valence-electron chi connectivity index (χ1n) is 6.23.